The lowest BCUT2D eigenvalue weighted by molar-refractivity contribution is -0.163. The fraction of sp³-hybridized carbons (Fsp3) is 0.333. The number of morpholine rings is 1. The van der Waals surface area contributed by atoms with Crippen molar-refractivity contribution in [1.29, 1.82) is 0 Å². The van der Waals surface area contributed by atoms with Crippen LogP contribution in [0.4, 0.5) is 36.8 Å². The Morgan fingerprint density at radius 2 is 1.71 bits per heavy atom. The summed E-state index contributed by atoms with van der Waals surface area (Å²) in [7, 11) is 0. The molecule has 3 N–H and O–H groups in total. The maximum atomic E-state index is 14.1. The molecule has 1 saturated heterocycles. The molecule has 0 aromatic heterocycles. The van der Waals surface area contributed by atoms with E-state index in [1.165, 1.54) is 29.2 Å². The summed E-state index contributed by atoms with van der Waals surface area (Å²) in [6.45, 7) is 0.598. The third kappa shape index (κ3) is 7.88. The minimum absolute atomic E-state index is 0.0335. The summed E-state index contributed by atoms with van der Waals surface area (Å²) in [5, 5.41) is 13.5. The molecule has 2 aromatic rings. The fourth-order valence-electron chi connectivity index (χ4n) is 3.57. The molecule has 1 aliphatic heterocycles. The van der Waals surface area contributed by atoms with Gasteiger partial charge in [-0.05, 0) is 35.9 Å². The summed E-state index contributed by atoms with van der Waals surface area (Å²) in [5.74, 6) is -0.638. The van der Waals surface area contributed by atoms with E-state index in [1.807, 2.05) is 0 Å². The van der Waals surface area contributed by atoms with Crippen LogP contribution in [-0.2, 0) is 21.9 Å². The van der Waals surface area contributed by atoms with Gasteiger partial charge in [-0.2, -0.15) is 26.3 Å². The van der Waals surface area contributed by atoms with Crippen LogP contribution in [0.1, 0.15) is 16.7 Å². The van der Waals surface area contributed by atoms with E-state index < -0.39 is 45.9 Å². The number of ether oxygens (including phenoxy) is 1. The van der Waals surface area contributed by atoms with Gasteiger partial charge < -0.3 is 25.4 Å². The summed E-state index contributed by atoms with van der Waals surface area (Å²) in [5.41, 5.74) is -4.41. The van der Waals surface area contributed by atoms with Gasteiger partial charge in [0.05, 0.1) is 30.9 Å². The lowest BCUT2D eigenvalue weighted by Gasteiger charge is -2.25. The van der Waals surface area contributed by atoms with E-state index in [-0.39, 0.29) is 50.0 Å². The molecule has 0 atom stereocenters. The Hall–Kier alpha value is -3.23. The average Bonchev–Trinajstić information content (AvgIpc) is 2.85. The van der Waals surface area contributed by atoms with Crippen molar-refractivity contribution >= 4 is 35.5 Å². The van der Waals surface area contributed by atoms with Gasteiger partial charge in [-0.25, -0.2) is 4.79 Å². The second kappa shape index (κ2) is 12.5. The summed E-state index contributed by atoms with van der Waals surface area (Å²) in [4.78, 5) is 24.8. The van der Waals surface area contributed by atoms with Gasteiger partial charge in [0.1, 0.15) is 0 Å². The Balaban J connectivity index is 1.97. The van der Waals surface area contributed by atoms with Gasteiger partial charge in [0, 0.05) is 41.2 Å². The maximum Gasteiger partial charge on any atom is 0.418 e. The Morgan fingerprint density at radius 3 is 2.34 bits per heavy atom. The number of aliphatic hydroxyl groups excluding tert-OH is 1. The number of anilines is 1. The molecular formula is C24H23F6N3O4S. The standard InChI is InChI=1S/C24H23F6N3O4S/c25-23(26,27)20-15(5-7-19(35)33-9-12-37-13-10-33)4-6-18(21(20)24(28,29)30)38-17-3-1-2-16(14-17)32-22(36)31-8-11-34/h1-7,14,34H,8-13H2,(H2,31,32,36). The van der Waals surface area contributed by atoms with Gasteiger partial charge in [0.15, 0.2) is 0 Å². The van der Waals surface area contributed by atoms with Crippen LogP contribution in [0.15, 0.2) is 52.3 Å². The smallest absolute Gasteiger partial charge is 0.395 e. The molecule has 7 nitrogen and oxygen atoms in total. The average molecular weight is 564 g/mol. The molecule has 3 amide bonds. The van der Waals surface area contributed by atoms with Gasteiger partial charge in [0.25, 0.3) is 0 Å². The van der Waals surface area contributed by atoms with E-state index >= 15 is 0 Å². The van der Waals surface area contributed by atoms with Crippen molar-refractivity contribution in [2.45, 2.75) is 22.1 Å². The zero-order valence-electron chi connectivity index (χ0n) is 19.7. The molecule has 206 valence electrons. The normalized spacial score (nSPS) is 14.6. The number of hydrogen-bond acceptors (Lipinski definition) is 5. The highest BCUT2D eigenvalue weighted by Crippen LogP contribution is 2.48. The van der Waals surface area contributed by atoms with Crippen LogP contribution in [-0.4, -0.2) is 61.4 Å². The van der Waals surface area contributed by atoms with Crippen molar-refractivity contribution in [2.75, 3.05) is 44.8 Å². The minimum atomic E-state index is -5.38. The molecule has 14 heteroatoms. The van der Waals surface area contributed by atoms with Gasteiger partial charge in [-0.1, -0.05) is 23.9 Å². The monoisotopic (exact) mass is 563 g/mol. The molecule has 0 aliphatic carbocycles. The zero-order chi connectivity index (χ0) is 27.9. The highest BCUT2D eigenvalue weighted by atomic mass is 32.2. The zero-order valence-corrected chi connectivity index (χ0v) is 20.5. The molecule has 1 fully saturated rings. The summed E-state index contributed by atoms with van der Waals surface area (Å²) >= 11 is 0.441. The van der Waals surface area contributed by atoms with Gasteiger partial charge >= 0.3 is 18.4 Å². The highest BCUT2D eigenvalue weighted by Gasteiger charge is 2.46. The molecule has 38 heavy (non-hydrogen) atoms. The molecule has 0 bridgehead atoms. The molecule has 0 spiro atoms. The molecule has 1 aliphatic rings. The fourth-order valence-corrected chi connectivity index (χ4v) is 4.61. The van der Waals surface area contributed by atoms with E-state index in [0.29, 0.717) is 11.8 Å². The van der Waals surface area contributed by atoms with E-state index in [9.17, 15) is 35.9 Å². The Labute approximate surface area is 217 Å². The summed E-state index contributed by atoms with van der Waals surface area (Å²) in [6.07, 6.45) is -9.19. The Kier molecular flexibility index (Phi) is 9.68. The first-order chi connectivity index (χ1) is 17.9. The number of carbonyl (C=O) groups excluding carboxylic acids is 2. The third-order valence-corrected chi connectivity index (χ3v) is 6.26. The largest absolute Gasteiger partial charge is 0.418 e. The maximum absolute atomic E-state index is 14.1. The van der Waals surface area contributed by atoms with Crippen molar-refractivity contribution in [3.8, 4) is 0 Å². The number of amides is 3. The number of urea groups is 1. The predicted octanol–water partition coefficient (Wildman–Crippen LogP) is 4.86. The number of alkyl halides is 6. The van der Waals surface area contributed by atoms with Crippen LogP contribution in [0, 0.1) is 0 Å². The predicted molar refractivity (Wildman–Crippen MR) is 128 cm³/mol. The molecule has 1 heterocycles. The quantitative estimate of drug-likeness (QED) is 0.331. The van der Waals surface area contributed by atoms with Crippen molar-refractivity contribution in [3.63, 3.8) is 0 Å². The molecule has 2 aromatic carbocycles. The molecule has 0 saturated carbocycles. The molecule has 0 unspecified atom stereocenters. The summed E-state index contributed by atoms with van der Waals surface area (Å²) < 4.78 is 89.4. The van der Waals surface area contributed by atoms with Crippen molar-refractivity contribution in [3.05, 3.63) is 59.2 Å². The second-order valence-electron chi connectivity index (χ2n) is 7.90. The Morgan fingerprint density at radius 1 is 1.03 bits per heavy atom. The van der Waals surface area contributed by atoms with Crippen molar-refractivity contribution in [1.82, 2.24) is 10.2 Å². The third-order valence-electron chi connectivity index (χ3n) is 5.21. The lowest BCUT2D eigenvalue weighted by atomic mass is 9.99. The van der Waals surface area contributed by atoms with Crippen molar-refractivity contribution in [2.24, 2.45) is 0 Å². The first-order valence-electron chi connectivity index (χ1n) is 11.2. The highest BCUT2D eigenvalue weighted by molar-refractivity contribution is 7.99. The van der Waals surface area contributed by atoms with E-state index in [0.717, 1.165) is 24.3 Å². The number of nitrogens with one attached hydrogen (secondary N) is 2. The number of carbonyl (C=O) groups is 2. The first kappa shape index (κ1) is 29.3. The second-order valence-corrected chi connectivity index (χ2v) is 9.02. The minimum Gasteiger partial charge on any atom is -0.395 e. The van der Waals surface area contributed by atoms with E-state index in [4.69, 9.17) is 9.84 Å². The Bertz CT molecular complexity index is 1180. The van der Waals surface area contributed by atoms with Crippen LogP contribution >= 0.6 is 11.8 Å². The summed E-state index contributed by atoms with van der Waals surface area (Å²) in [6, 6.07) is 6.64. The van der Waals surface area contributed by atoms with Gasteiger partial charge in [0.2, 0.25) is 5.91 Å². The number of nitrogens with zero attached hydrogens (tertiary/aromatic N) is 1. The number of benzene rings is 2. The molecule has 3 rings (SSSR count). The number of halogens is 6. The topological polar surface area (TPSA) is 90.9 Å². The van der Waals surface area contributed by atoms with E-state index in [1.54, 1.807) is 0 Å². The lowest BCUT2D eigenvalue weighted by Crippen LogP contribution is -2.39. The SMILES string of the molecule is O=C(NCCO)Nc1cccc(Sc2ccc(C=CC(=O)N3CCOCC3)c(C(F)(F)F)c2C(F)(F)F)c1. The number of rotatable bonds is 7. The number of aliphatic hydroxyl groups is 1. The number of hydrogen-bond donors (Lipinski definition) is 3. The van der Waals surface area contributed by atoms with Crippen LogP contribution in [0.5, 0.6) is 0 Å². The molecule has 0 radical (unpaired) electrons. The van der Waals surface area contributed by atoms with Crippen LogP contribution in [0.25, 0.3) is 6.08 Å². The first-order valence-corrected chi connectivity index (χ1v) is 12.0. The van der Waals surface area contributed by atoms with Gasteiger partial charge in [-0.15, -0.1) is 0 Å². The van der Waals surface area contributed by atoms with Crippen LogP contribution in [0.2, 0.25) is 0 Å². The van der Waals surface area contributed by atoms with Crippen molar-refractivity contribution < 1.29 is 45.8 Å². The van der Waals surface area contributed by atoms with E-state index in [2.05, 4.69) is 10.6 Å². The van der Waals surface area contributed by atoms with Crippen LogP contribution < -0.4 is 10.6 Å². The van der Waals surface area contributed by atoms with Gasteiger partial charge in [-0.3, -0.25) is 4.79 Å². The van der Waals surface area contributed by atoms with Crippen LogP contribution in [0.3, 0.4) is 0 Å². The molecular weight excluding hydrogens is 540 g/mol.